The number of amides is 1. The van der Waals surface area contributed by atoms with Gasteiger partial charge < -0.3 is 10.2 Å². The van der Waals surface area contributed by atoms with E-state index < -0.39 is 9.84 Å². The van der Waals surface area contributed by atoms with Crippen LogP contribution < -0.4 is 5.32 Å². The van der Waals surface area contributed by atoms with Crippen molar-refractivity contribution in [3.8, 4) is 0 Å². The number of carbonyl (C=O) groups is 1. The molecule has 94 valence electrons. The number of nitrogens with zero attached hydrogens (tertiary/aromatic N) is 1. The summed E-state index contributed by atoms with van der Waals surface area (Å²) in [5.74, 6) is 0.388. The Morgan fingerprint density at radius 1 is 1.50 bits per heavy atom. The maximum absolute atomic E-state index is 11.8. The molecule has 0 aliphatic carbocycles. The summed E-state index contributed by atoms with van der Waals surface area (Å²) in [5.41, 5.74) is 0. The summed E-state index contributed by atoms with van der Waals surface area (Å²) in [6.45, 7) is 3.11. The van der Waals surface area contributed by atoms with Gasteiger partial charge in [0.05, 0.1) is 11.5 Å². The summed E-state index contributed by atoms with van der Waals surface area (Å²) in [7, 11) is -1.12. The van der Waals surface area contributed by atoms with Crippen molar-refractivity contribution in [2.24, 2.45) is 0 Å². The minimum atomic E-state index is -2.91. The molecular weight excluding hydrogens is 228 g/mol. The summed E-state index contributed by atoms with van der Waals surface area (Å²) in [6.07, 6.45) is 1.02. The maximum Gasteiger partial charge on any atom is 0.224 e. The average Bonchev–Trinajstić information content (AvgIpc) is 2.57. The van der Waals surface area contributed by atoms with E-state index in [9.17, 15) is 13.2 Å². The zero-order valence-corrected chi connectivity index (χ0v) is 10.7. The van der Waals surface area contributed by atoms with Gasteiger partial charge in [-0.3, -0.25) is 4.79 Å². The molecule has 0 radical (unpaired) electrons. The molecule has 0 saturated carbocycles. The Balaban J connectivity index is 2.58. The highest BCUT2D eigenvalue weighted by atomic mass is 32.2. The van der Waals surface area contributed by atoms with Crippen molar-refractivity contribution < 1.29 is 13.2 Å². The van der Waals surface area contributed by atoms with E-state index in [-0.39, 0.29) is 23.5 Å². The number of rotatable bonds is 5. The molecule has 1 amide bonds. The topological polar surface area (TPSA) is 66.5 Å². The molecule has 6 heteroatoms. The second kappa shape index (κ2) is 5.63. The fraction of sp³-hybridized carbons (Fsp3) is 0.900. The van der Waals surface area contributed by atoms with Crippen LogP contribution in [0.2, 0.25) is 0 Å². The van der Waals surface area contributed by atoms with Gasteiger partial charge in [-0.25, -0.2) is 8.42 Å². The summed E-state index contributed by atoms with van der Waals surface area (Å²) in [4.78, 5) is 13.5. The highest BCUT2D eigenvalue weighted by Crippen LogP contribution is 2.18. The lowest BCUT2D eigenvalue weighted by atomic mass is 10.2. The van der Waals surface area contributed by atoms with Crippen LogP contribution in [0, 0.1) is 0 Å². The van der Waals surface area contributed by atoms with Crippen molar-refractivity contribution in [3.05, 3.63) is 0 Å². The van der Waals surface area contributed by atoms with E-state index in [1.165, 1.54) is 0 Å². The molecule has 0 aromatic rings. The predicted molar refractivity (Wildman–Crippen MR) is 63.0 cm³/mol. The Kier molecular flexibility index (Phi) is 4.73. The van der Waals surface area contributed by atoms with Gasteiger partial charge in [-0.15, -0.1) is 0 Å². The number of hydrogen-bond acceptors (Lipinski definition) is 4. The minimum absolute atomic E-state index is 0.0407. The van der Waals surface area contributed by atoms with Crippen LogP contribution in [0.25, 0.3) is 0 Å². The Morgan fingerprint density at radius 3 is 2.62 bits per heavy atom. The smallest absolute Gasteiger partial charge is 0.224 e. The van der Waals surface area contributed by atoms with Crippen molar-refractivity contribution in [1.82, 2.24) is 10.2 Å². The van der Waals surface area contributed by atoms with Crippen LogP contribution in [-0.2, 0) is 14.6 Å². The minimum Gasteiger partial charge on any atom is -0.339 e. The van der Waals surface area contributed by atoms with Crippen LogP contribution >= 0.6 is 0 Å². The van der Waals surface area contributed by atoms with E-state index in [0.717, 1.165) is 0 Å². The largest absolute Gasteiger partial charge is 0.339 e. The van der Waals surface area contributed by atoms with Crippen LogP contribution in [0.1, 0.15) is 19.8 Å². The standard InChI is InChI=1S/C10H20N2O3S/c1-3-12(10(13)4-6-11-2)9-5-7-16(14,15)8-9/h9,11H,3-8H2,1-2H3. The molecule has 1 N–H and O–H groups in total. The second-order valence-electron chi connectivity index (χ2n) is 4.09. The molecule has 5 nitrogen and oxygen atoms in total. The van der Waals surface area contributed by atoms with Gasteiger partial charge in [-0.05, 0) is 20.4 Å². The van der Waals surface area contributed by atoms with Crippen molar-refractivity contribution in [2.75, 3.05) is 31.6 Å². The zero-order valence-electron chi connectivity index (χ0n) is 9.90. The lowest BCUT2D eigenvalue weighted by molar-refractivity contribution is -0.132. The second-order valence-corrected chi connectivity index (χ2v) is 6.32. The lowest BCUT2D eigenvalue weighted by Crippen LogP contribution is -2.41. The fourth-order valence-corrected chi connectivity index (χ4v) is 3.77. The van der Waals surface area contributed by atoms with Crippen LogP contribution in [0.5, 0.6) is 0 Å². The number of sulfone groups is 1. The Bertz CT molecular complexity index is 340. The highest BCUT2D eigenvalue weighted by molar-refractivity contribution is 7.91. The number of carbonyl (C=O) groups excluding carboxylic acids is 1. The van der Waals surface area contributed by atoms with Gasteiger partial charge >= 0.3 is 0 Å². The van der Waals surface area contributed by atoms with Crippen LogP contribution in [0.15, 0.2) is 0 Å². The first-order valence-corrected chi connectivity index (χ1v) is 7.46. The van der Waals surface area contributed by atoms with Crippen molar-refractivity contribution in [1.29, 1.82) is 0 Å². The van der Waals surface area contributed by atoms with Gasteiger partial charge in [0.25, 0.3) is 0 Å². The third kappa shape index (κ3) is 3.45. The molecule has 1 fully saturated rings. The van der Waals surface area contributed by atoms with E-state index in [1.807, 2.05) is 6.92 Å². The first kappa shape index (κ1) is 13.4. The van der Waals surface area contributed by atoms with E-state index in [1.54, 1.807) is 11.9 Å². The van der Waals surface area contributed by atoms with Gasteiger partial charge in [-0.2, -0.15) is 0 Å². The Morgan fingerprint density at radius 2 is 2.19 bits per heavy atom. The van der Waals surface area contributed by atoms with Crippen molar-refractivity contribution in [3.63, 3.8) is 0 Å². The third-order valence-corrected chi connectivity index (χ3v) is 4.65. The molecule has 0 spiro atoms. The molecule has 1 saturated heterocycles. The third-order valence-electron chi connectivity index (χ3n) is 2.90. The van der Waals surface area contributed by atoms with Crippen LogP contribution in [-0.4, -0.2) is 56.9 Å². The fourth-order valence-electron chi connectivity index (χ4n) is 2.03. The molecule has 1 aliphatic heterocycles. The Labute approximate surface area is 97.1 Å². The highest BCUT2D eigenvalue weighted by Gasteiger charge is 2.33. The molecule has 1 heterocycles. The number of hydrogen-bond donors (Lipinski definition) is 1. The normalized spacial score (nSPS) is 23.2. The first-order valence-electron chi connectivity index (χ1n) is 5.64. The van der Waals surface area contributed by atoms with Crippen molar-refractivity contribution >= 4 is 15.7 Å². The van der Waals surface area contributed by atoms with Crippen LogP contribution in [0.4, 0.5) is 0 Å². The molecule has 1 atom stereocenters. The lowest BCUT2D eigenvalue weighted by Gasteiger charge is -2.26. The van der Waals surface area contributed by atoms with E-state index in [0.29, 0.717) is 25.9 Å². The SMILES string of the molecule is CCN(C(=O)CCNC)C1CCS(=O)(=O)C1. The molecular formula is C10H20N2O3S. The average molecular weight is 248 g/mol. The summed E-state index contributed by atoms with van der Waals surface area (Å²) in [6, 6.07) is -0.112. The molecule has 16 heavy (non-hydrogen) atoms. The molecule has 1 rings (SSSR count). The zero-order chi connectivity index (χ0) is 12.2. The Hall–Kier alpha value is -0.620. The van der Waals surface area contributed by atoms with Gasteiger partial charge in [0.2, 0.25) is 5.91 Å². The molecule has 0 aromatic heterocycles. The van der Waals surface area contributed by atoms with E-state index in [4.69, 9.17) is 0 Å². The monoisotopic (exact) mass is 248 g/mol. The maximum atomic E-state index is 11.8. The molecule has 0 bridgehead atoms. The quantitative estimate of drug-likeness (QED) is 0.721. The summed E-state index contributed by atoms with van der Waals surface area (Å²) < 4.78 is 22.7. The van der Waals surface area contributed by atoms with Gasteiger partial charge in [0.15, 0.2) is 9.84 Å². The van der Waals surface area contributed by atoms with Crippen LogP contribution in [0.3, 0.4) is 0 Å². The van der Waals surface area contributed by atoms with Gasteiger partial charge in [-0.1, -0.05) is 0 Å². The van der Waals surface area contributed by atoms with Crippen molar-refractivity contribution in [2.45, 2.75) is 25.8 Å². The van der Waals surface area contributed by atoms with Gasteiger partial charge in [0, 0.05) is 25.6 Å². The summed E-state index contributed by atoms with van der Waals surface area (Å²) >= 11 is 0. The molecule has 0 aromatic carbocycles. The predicted octanol–water partition coefficient (Wildman–Crippen LogP) is -0.368. The molecule has 1 aliphatic rings. The van der Waals surface area contributed by atoms with E-state index >= 15 is 0 Å². The van der Waals surface area contributed by atoms with E-state index in [2.05, 4.69) is 5.32 Å². The number of nitrogens with one attached hydrogen (secondary N) is 1. The van der Waals surface area contributed by atoms with Gasteiger partial charge in [0.1, 0.15) is 0 Å². The first-order chi connectivity index (χ1) is 7.50. The summed E-state index contributed by atoms with van der Waals surface area (Å²) in [5, 5.41) is 2.92. The molecule has 1 unspecified atom stereocenters.